The normalized spacial score (nSPS) is 10.5. The molecule has 1 heterocycles. The molecule has 22 heavy (non-hydrogen) atoms. The van der Waals surface area contributed by atoms with Gasteiger partial charge in [-0.25, -0.2) is 4.79 Å². The molecule has 0 amide bonds. The number of ether oxygens (including phenoxy) is 1. The monoisotopic (exact) mass is 297 g/mol. The zero-order valence-electron chi connectivity index (χ0n) is 11.4. The van der Waals surface area contributed by atoms with Gasteiger partial charge >= 0.3 is 5.97 Å². The summed E-state index contributed by atoms with van der Waals surface area (Å²) in [5.74, 6) is -0.277. The summed E-state index contributed by atoms with van der Waals surface area (Å²) in [4.78, 5) is 22.3. The molecule has 0 saturated heterocycles. The van der Waals surface area contributed by atoms with Crippen molar-refractivity contribution in [1.29, 1.82) is 0 Å². The summed E-state index contributed by atoms with van der Waals surface area (Å²) in [5.41, 5.74) is 0.333. The van der Waals surface area contributed by atoms with Crippen LogP contribution >= 0.6 is 0 Å². The summed E-state index contributed by atoms with van der Waals surface area (Å²) in [6, 6.07) is 14.8. The number of rotatable bonds is 4. The van der Waals surface area contributed by atoms with Gasteiger partial charge in [-0.1, -0.05) is 30.3 Å². The number of hydrogen-bond donors (Lipinski definition) is 0. The predicted molar refractivity (Wildman–Crippen MR) is 78.4 cm³/mol. The van der Waals surface area contributed by atoms with Crippen LogP contribution in [0.5, 0.6) is 0 Å². The Morgan fingerprint density at radius 3 is 2.64 bits per heavy atom. The van der Waals surface area contributed by atoms with Gasteiger partial charge in [-0.15, -0.1) is 0 Å². The molecule has 2 aromatic carbocycles. The van der Waals surface area contributed by atoms with Crippen LogP contribution < -0.4 is 0 Å². The van der Waals surface area contributed by atoms with Crippen molar-refractivity contribution < 1.29 is 18.9 Å². The Kier molecular flexibility index (Phi) is 3.57. The molecule has 6 nitrogen and oxygen atoms in total. The minimum absolute atomic E-state index is 0.0800. The van der Waals surface area contributed by atoms with Crippen LogP contribution in [-0.2, 0) is 11.3 Å². The Labute approximate surface area is 125 Å². The fourth-order valence-electron chi connectivity index (χ4n) is 2.13. The average molecular weight is 297 g/mol. The van der Waals surface area contributed by atoms with E-state index in [-0.39, 0.29) is 17.9 Å². The molecule has 0 saturated carbocycles. The van der Waals surface area contributed by atoms with E-state index in [1.165, 1.54) is 18.2 Å². The molecule has 0 aliphatic heterocycles. The molecule has 0 radical (unpaired) electrons. The molecule has 3 rings (SSSR count). The van der Waals surface area contributed by atoms with E-state index in [1.54, 1.807) is 12.1 Å². The van der Waals surface area contributed by atoms with Gasteiger partial charge in [0.25, 0.3) is 5.69 Å². The number of fused-ring (bicyclic) bond motifs is 1. The fraction of sp³-hybridized carbons (Fsp3) is 0.0625. The van der Waals surface area contributed by atoms with Crippen LogP contribution in [0, 0.1) is 10.1 Å². The van der Waals surface area contributed by atoms with Gasteiger partial charge in [-0.2, -0.15) is 0 Å². The summed E-state index contributed by atoms with van der Waals surface area (Å²) in [5, 5.41) is 11.8. The summed E-state index contributed by atoms with van der Waals surface area (Å²) >= 11 is 0. The van der Waals surface area contributed by atoms with Crippen molar-refractivity contribution >= 4 is 22.6 Å². The van der Waals surface area contributed by atoms with Crippen LogP contribution in [-0.4, -0.2) is 10.9 Å². The highest BCUT2D eigenvalue weighted by Crippen LogP contribution is 2.21. The minimum atomic E-state index is -0.757. The Hall–Kier alpha value is -3.15. The second-order valence-corrected chi connectivity index (χ2v) is 4.60. The predicted octanol–water partition coefficient (Wildman–Crippen LogP) is 3.70. The number of para-hydroxylation sites is 2. The van der Waals surface area contributed by atoms with E-state index >= 15 is 0 Å². The third-order valence-electron chi connectivity index (χ3n) is 3.14. The molecule has 0 aliphatic rings. The number of carbonyl (C=O) groups is 1. The van der Waals surface area contributed by atoms with Crippen molar-refractivity contribution in [3.63, 3.8) is 0 Å². The molecular formula is C16H11NO5. The van der Waals surface area contributed by atoms with Crippen molar-refractivity contribution in [2.24, 2.45) is 0 Å². The molecule has 110 valence electrons. The summed E-state index contributed by atoms with van der Waals surface area (Å²) in [6.45, 7) is -0.0838. The second kappa shape index (κ2) is 5.69. The first kappa shape index (κ1) is 13.8. The molecule has 0 bridgehead atoms. The van der Waals surface area contributed by atoms with Gasteiger partial charge in [-0.3, -0.25) is 10.1 Å². The Morgan fingerprint density at radius 2 is 1.86 bits per heavy atom. The van der Waals surface area contributed by atoms with Crippen molar-refractivity contribution in [3.8, 4) is 0 Å². The number of nitrogens with zero attached hydrogens (tertiary/aromatic N) is 1. The molecule has 6 heteroatoms. The van der Waals surface area contributed by atoms with Gasteiger partial charge in [0.1, 0.15) is 23.5 Å². The van der Waals surface area contributed by atoms with Crippen LogP contribution in [0.3, 0.4) is 0 Å². The molecule has 0 fully saturated rings. The lowest BCUT2D eigenvalue weighted by Gasteiger charge is -2.03. The molecule has 0 atom stereocenters. The zero-order chi connectivity index (χ0) is 15.5. The SMILES string of the molecule is O=C(OCc1cc2ccccc2o1)c1ccccc1[N+](=O)[O-]. The van der Waals surface area contributed by atoms with Crippen molar-refractivity contribution in [1.82, 2.24) is 0 Å². The van der Waals surface area contributed by atoms with Crippen LogP contribution in [0.2, 0.25) is 0 Å². The van der Waals surface area contributed by atoms with Gasteiger partial charge in [0.05, 0.1) is 4.92 Å². The number of carbonyl (C=O) groups excluding carboxylic acids is 1. The highest BCUT2D eigenvalue weighted by Gasteiger charge is 2.20. The third kappa shape index (κ3) is 2.67. The summed E-state index contributed by atoms with van der Waals surface area (Å²) in [6.07, 6.45) is 0. The minimum Gasteiger partial charge on any atom is -0.457 e. The van der Waals surface area contributed by atoms with Crippen molar-refractivity contribution in [2.75, 3.05) is 0 Å². The van der Waals surface area contributed by atoms with Crippen molar-refractivity contribution in [2.45, 2.75) is 6.61 Å². The lowest BCUT2D eigenvalue weighted by Crippen LogP contribution is -2.07. The van der Waals surface area contributed by atoms with Crippen LogP contribution in [0.15, 0.2) is 59.0 Å². The fourth-order valence-corrected chi connectivity index (χ4v) is 2.13. The average Bonchev–Trinajstić information content (AvgIpc) is 2.95. The highest BCUT2D eigenvalue weighted by atomic mass is 16.6. The van der Waals surface area contributed by atoms with E-state index in [9.17, 15) is 14.9 Å². The quantitative estimate of drug-likeness (QED) is 0.416. The van der Waals surface area contributed by atoms with E-state index < -0.39 is 10.9 Å². The number of esters is 1. The summed E-state index contributed by atoms with van der Waals surface area (Å²) < 4.78 is 10.6. The third-order valence-corrected chi connectivity index (χ3v) is 3.14. The lowest BCUT2D eigenvalue weighted by molar-refractivity contribution is -0.385. The van der Waals surface area contributed by atoms with Crippen LogP contribution in [0.4, 0.5) is 5.69 Å². The van der Waals surface area contributed by atoms with E-state index in [0.29, 0.717) is 11.3 Å². The van der Waals surface area contributed by atoms with Gasteiger partial charge in [0.2, 0.25) is 0 Å². The Balaban J connectivity index is 1.76. The molecule has 0 spiro atoms. The smallest absolute Gasteiger partial charge is 0.345 e. The second-order valence-electron chi connectivity index (χ2n) is 4.60. The van der Waals surface area contributed by atoms with Crippen molar-refractivity contribution in [3.05, 3.63) is 76.0 Å². The maximum absolute atomic E-state index is 12.0. The number of nitro benzene ring substituents is 1. The number of nitro groups is 1. The molecule has 0 unspecified atom stereocenters. The maximum atomic E-state index is 12.0. The zero-order valence-corrected chi connectivity index (χ0v) is 11.4. The molecule has 0 N–H and O–H groups in total. The number of furan rings is 1. The Bertz CT molecular complexity index is 819. The lowest BCUT2D eigenvalue weighted by atomic mass is 10.2. The molecule has 3 aromatic rings. The first-order valence-corrected chi connectivity index (χ1v) is 6.53. The van der Waals surface area contributed by atoms with Gasteiger partial charge < -0.3 is 9.15 Å². The largest absolute Gasteiger partial charge is 0.457 e. The first-order chi connectivity index (χ1) is 10.6. The number of hydrogen-bond acceptors (Lipinski definition) is 5. The first-order valence-electron chi connectivity index (χ1n) is 6.53. The van der Waals surface area contributed by atoms with Gasteiger partial charge in [0.15, 0.2) is 0 Å². The maximum Gasteiger partial charge on any atom is 0.345 e. The van der Waals surface area contributed by atoms with E-state index in [1.807, 2.05) is 24.3 Å². The number of benzene rings is 2. The van der Waals surface area contributed by atoms with Gasteiger partial charge in [0, 0.05) is 11.5 Å². The summed E-state index contributed by atoms with van der Waals surface area (Å²) in [7, 11) is 0. The van der Waals surface area contributed by atoms with Crippen LogP contribution in [0.25, 0.3) is 11.0 Å². The standard InChI is InChI=1S/C16H11NO5/c18-16(13-6-2-3-7-14(13)17(19)20)21-10-12-9-11-5-1-4-8-15(11)22-12/h1-9H,10H2. The van der Waals surface area contributed by atoms with E-state index in [2.05, 4.69) is 0 Å². The van der Waals surface area contributed by atoms with Gasteiger partial charge in [-0.05, 0) is 18.2 Å². The molecule has 0 aliphatic carbocycles. The topological polar surface area (TPSA) is 82.6 Å². The molecular weight excluding hydrogens is 286 g/mol. The van der Waals surface area contributed by atoms with E-state index in [0.717, 1.165) is 5.39 Å². The van der Waals surface area contributed by atoms with E-state index in [4.69, 9.17) is 9.15 Å². The highest BCUT2D eigenvalue weighted by molar-refractivity contribution is 5.93. The molecule has 1 aromatic heterocycles. The Morgan fingerprint density at radius 1 is 1.14 bits per heavy atom. The van der Waals surface area contributed by atoms with Crippen LogP contribution in [0.1, 0.15) is 16.1 Å².